The van der Waals surface area contributed by atoms with Crippen LogP contribution < -0.4 is 0 Å². The van der Waals surface area contributed by atoms with Gasteiger partial charge in [0.05, 0.1) is 91.5 Å². The molecule has 41 heavy (non-hydrogen) atoms. The summed E-state index contributed by atoms with van der Waals surface area (Å²) in [6, 6.07) is 0. The first-order valence-electron chi connectivity index (χ1n) is 13.0. The molecule has 0 saturated carbocycles. The van der Waals surface area contributed by atoms with Gasteiger partial charge in [0, 0.05) is 7.11 Å². The van der Waals surface area contributed by atoms with Crippen LogP contribution in [0.5, 0.6) is 0 Å². The highest BCUT2D eigenvalue weighted by molar-refractivity contribution is 4.67. The van der Waals surface area contributed by atoms with Gasteiger partial charge in [0.1, 0.15) is 24.4 Å². The van der Waals surface area contributed by atoms with Crippen molar-refractivity contribution in [3.63, 3.8) is 0 Å². The minimum absolute atomic E-state index is 0. The van der Waals surface area contributed by atoms with Crippen LogP contribution in [0.3, 0.4) is 0 Å². The Morgan fingerprint density at radius 3 is 1.34 bits per heavy atom. The van der Waals surface area contributed by atoms with Crippen molar-refractivity contribution in [2.75, 3.05) is 86.4 Å². The van der Waals surface area contributed by atoms with Crippen molar-refractivity contribution >= 4 is 0 Å². The van der Waals surface area contributed by atoms with E-state index in [9.17, 15) is 5.11 Å². The highest BCUT2D eigenvalue weighted by atomic mass is 16.6. The van der Waals surface area contributed by atoms with Gasteiger partial charge in [-0.05, 0) is 27.7 Å². The first-order valence-corrected chi connectivity index (χ1v) is 13.0. The van der Waals surface area contributed by atoms with E-state index in [0.29, 0.717) is 66.1 Å². The van der Waals surface area contributed by atoms with Gasteiger partial charge in [0.15, 0.2) is 0 Å². The van der Waals surface area contributed by atoms with Gasteiger partial charge < -0.3 is 47.7 Å². The Balaban J connectivity index is -0.00000108. The molecule has 0 aliphatic rings. The summed E-state index contributed by atoms with van der Waals surface area (Å²) in [5, 5.41) is 9.99. The van der Waals surface area contributed by atoms with E-state index >= 15 is 0 Å². The molecular formula is C31H68O10. The van der Waals surface area contributed by atoms with Gasteiger partial charge >= 0.3 is 0 Å². The molecule has 4 unspecified atom stereocenters. The molecule has 0 aliphatic heterocycles. The third kappa shape index (κ3) is 33.4. The van der Waals surface area contributed by atoms with Gasteiger partial charge in [-0.25, -0.2) is 0 Å². The highest BCUT2D eigenvalue weighted by Gasteiger charge is 2.17. The number of rotatable bonds is 28. The molecule has 0 saturated heterocycles. The van der Waals surface area contributed by atoms with Crippen LogP contribution in [0.1, 0.15) is 57.4 Å². The average Bonchev–Trinajstić information content (AvgIpc) is 2.86. The molecule has 0 rings (SSSR count). The first-order chi connectivity index (χ1) is 17.8. The molecular weight excluding hydrogens is 532 g/mol. The van der Waals surface area contributed by atoms with Crippen molar-refractivity contribution in [1.82, 2.24) is 0 Å². The lowest BCUT2D eigenvalue weighted by atomic mass is 10.3. The van der Waals surface area contributed by atoms with E-state index in [4.69, 9.17) is 42.6 Å². The van der Waals surface area contributed by atoms with Gasteiger partial charge in [-0.15, -0.1) is 13.2 Å². The molecule has 0 radical (unpaired) electrons. The monoisotopic (exact) mass is 600 g/mol. The van der Waals surface area contributed by atoms with E-state index in [1.54, 1.807) is 19.3 Å². The molecule has 0 aliphatic carbocycles. The van der Waals surface area contributed by atoms with Crippen LogP contribution in [0.2, 0.25) is 0 Å². The zero-order valence-electron chi connectivity index (χ0n) is 23.6. The quantitative estimate of drug-likeness (QED) is 0.0978. The van der Waals surface area contributed by atoms with Crippen LogP contribution >= 0.6 is 0 Å². The molecule has 1 N–H and O–H groups in total. The Morgan fingerprint density at radius 1 is 0.537 bits per heavy atom. The SMILES string of the molecule is C.C.C.C.C=CCOCC(O)COC(COCCOCC(COC(C)C)OCC(COCC=C)OC)COC(C)C. The second kappa shape index (κ2) is 35.3. The van der Waals surface area contributed by atoms with Gasteiger partial charge in [0.2, 0.25) is 0 Å². The van der Waals surface area contributed by atoms with Crippen molar-refractivity contribution in [2.24, 2.45) is 0 Å². The van der Waals surface area contributed by atoms with Gasteiger partial charge in [-0.2, -0.15) is 0 Å². The first kappa shape index (κ1) is 49.7. The molecule has 0 spiro atoms. The van der Waals surface area contributed by atoms with Crippen LogP contribution in [0.15, 0.2) is 25.3 Å². The van der Waals surface area contributed by atoms with E-state index in [-0.39, 0.29) is 73.4 Å². The molecule has 0 aromatic heterocycles. The largest absolute Gasteiger partial charge is 0.388 e. The Bertz CT molecular complexity index is 519. The molecule has 0 aromatic rings. The van der Waals surface area contributed by atoms with E-state index in [1.807, 2.05) is 27.7 Å². The Kier molecular flexibility index (Phi) is 42.8. The summed E-state index contributed by atoms with van der Waals surface area (Å²) in [5.41, 5.74) is 0. The van der Waals surface area contributed by atoms with Gasteiger partial charge in [-0.3, -0.25) is 0 Å². The summed E-state index contributed by atoms with van der Waals surface area (Å²) in [7, 11) is 1.62. The summed E-state index contributed by atoms with van der Waals surface area (Å²) in [5.74, 6) is 0. The standard InChI is InChI=1S/C27H52O10.4CH4/c1-8-10-30-14-24(28)15-36-26(20-34-22(3)4)17-32-12-13-33-18-27(21-35-23(5)6)37-19-25(29-7)16-31-11-9-2;;;;/h8-9,22-28H,1-2,10-21H2,3-7H3;4*1H4. The second-order valence-electron chi connectivity index (χ2n) is 8.99. The molecule has 0 fully saturated rings. The van der Waals surface area contributed by atoms with Crippen LogP contribution in [-0.2, 0) is 42.6 Å². The number of ether oxygens (including phenoxy) is 9. The fourth-order valence-corrected chi connectivity index (χ4v) is 2.73. The molecule has 10 heteroatoms. The number of hydrogen-bond acceptors (Lipinski definition) is 10. The minimum atomic E-state index is -0.735. The third-order valence-electron chi connectivity index (χ3n) is 4.67. The molecule has 4 atom stereocenters. The number of aliphatic hydroxyl groups excluding tert-OH is 1. The smallest absolute Gasteiger partial charge is 0.104 e. The summed E-state index contributed by atoms with van der Waals surface area (Å²) < 4.78 is 50.7. The van der Waals surface area contributed by atoms with E-state index < -0.39 is 6.10 Å². The molecule has 10 nitrogen and oxygen atoms in total. The summed E-state index contributed by atoms with van der Waals surface area (Å²) in [6.45, 7) is 19.2. The number of aliphatic hydroxyl groups is 1. The second-order valence-corrected chi connectivity index (χ2v) is 8.99. The van der Waals surface area contributed by atoms with Crippen LogP contribution in [0.25, 0.3) is 0 Å². The predicted molar refractivity (Wildman–Crippen MR) is 169 cm³/mol. The van der Waals surface area contributed by atoms with E-state index in [2.05, 4.69) is 13.2 Å². The molecule has 0 amide bonds. The minimum Gasteiger partial charge on any atom is -0.388 e. The van der Waals surface area contributed by atoms with Crippen LogP contribution in [0, 0.1) is 0 Å². The van der Waals surface area contributed by atoms with Crippen molar-refractivity contribution in [3.8, 4) is 0 Å². The molecule has 0 heterocycles. The fourth-order valence-electron chi connectivity index (χ4n) is 2.73. The zero-order chi connectivity index (χ0) is 27.7. The molecule has 0 bridgehead atoms. The van der Waals surface area contributed by atoms with Crippen LogP contribution in [-0.4, -0.2) is 128 Å². The lowest BCUT2D eigenvalue weighted by Crippen LogP contribution is -2.34. The number of hydrogen-bond donors (Lipinski definition) is 1. The lowest BCUT2D eigenvalue weighted by Gasteiger charge is -2.23. The molecule has 252 valence electrons. The summed E-state index contributed by atoms with van der Waals surface area (Å²) >= 11 is 0. The van der Waals surface area contributed by atoms with Crippen molar-refractivity contribution in [3.05, 3.63) is 25.3 Å². The summed E-state index contributed by atoms with van der Waals surface area (Å²) in [6.07, 6.45) is 1.97. The Labute approximate surface area is 253 Å². The summed E-state index contributed by atoms with van der Waals surface area (Å²) in [4.78, 5) is 0. The fraction of sp³-hybridized carbons (Fsp3) is 0.871. The van der Waals surface area contributed by atoms with E-state index in [0.717, 1.165) is 0 Å². The van der Waals surface area contributed by atoms with Gasteiger partial charge in [-0.1, -0.05) is 41.9 Å². The number of methoxy groups -OCH3 is 1. The van der Waals surface area contributed by atoms with Gasteiger partial charge in [0.25, 0.3) is 0 Å². The maximum Gasteiger partial charge on any atom is 0.104 e. The Morgan fingerprint density at radius 2 is 0.927 bits per heavy atom. The average molecular weight is 601 g/mol. The zero-order valence-corrected chi connectivity index (χ0v) is 23.6. The maximum absolute atomic E-state index is 9.99. The van der Waals surface area contributed by atoms with Crippen molar-refractivity contribution in [1.29, 1.82) is 0 Å². The third-order valence-corrected chi connectivity index (χ3v) is 4.67. The molecule has 0 aromatic carbocycles. The predicted octanol–water partition coefficient (Wildman–Crippen LogP) is 4.97. The Hall–Kier alpha value is -0.920. The van der Waals surface area contributed by atoms with Crippen LogP contribution in [0.4, 0.5) is 0 Å². The normalized spacial score (nSPS) is 13.7. The van der Waals surface area contributed by atoms with E-state index in [1.165, 1.54) is 0 Å². The maximum atomic E-state index is 9.99. The lowest BCUT2D eigenvalue weighted by molar-refractivity contribution is -0.115. The van der Waals surface area contributed by atoms with Crippen molar-refractivity contribution < 1.29 is 47.7 Å². The topological polar surface area (TPSA) is 103 Å². The highest BCUT2D eigenvalue weighted by Crippen LogP contribution is 2.04. The van der Waals surface area contributed by atoms with Crippen molar-refractivity contribution in [2.45, 2.75) is 94.0 Å².